The van der Waals surface area contributed by atoms with Gasteiger partial charge in [0.05, 0.1) is 17.8 Å². The van der Waals surface area contributed by atoms with E-state index in [1.165, 1.54) is 11.3 Å². The van der Waals surface area contributed by atoms with E-state index in [0.717, 1.165) is 38.8 Å². The molecule has 4 aromatic rings. The maximum absolute atomic E-state index is 12.7. The molecule has 1 aliphatic rings. The van der Waals surface area contributed by atoms with Crippen LogP contribution in [0.5, 0.6) is 11.8 Å². The number of ether oxygens (including phenoxy) is 2. The predicted octanol–water partition coefficient (Wildman–Crippen LogP) is 4.31. The van der Waals surface area contributed by atoms with Crippen molar-refractivity contribution in [3.05, 3.63) is 46.2 Å². The van der Waals surface area contributed by atoms with E-state index in [4.69, 9.17) is 26.1 Å². The highest BCUT2D eigenvalue weighted by Gasteiger charge is 2.25. The molecular formula is C24H25ClN6O3S. The normalized spacial score (nSPS) is 15.7. The van der Waals surface area contributed by atoms with E-state index in [0.29, 0.717) is 36.3 Å². The molecule has 0 aliphatic carbocycles. The number of benzene rings is 1. The Kier molecular flexibility index (Phi) is 6.70. The Hall–Kier alpha value is -3.05. The zero-order valence-electron chi connectivity index (χ0n) is 19.6. The quantitative estimate of drug-likeness (QED) is 0.353. The van der Waals surface area contributed by atoms with Crippen molar-refractivity contribution in [2.45, 2.75) is 19.5 Å². The van der Waals surface area contributed by atoms with Crippen molar-refractivity contribution in [1.82, 2.24) is 25.2 Å². The van der Waals surface area contributed by atoms with Crippen LogP contribution in [0.2, 0.25) is 5.28 Å². The molecule has 1 aliphatic heterocycles. The maximum Gasteiger partial charge on any atom is 0.263 e. The summed E-state index contributed by atoms with van der Waals surface area (Å²) in [5.41, 5.74) is 2.41. The lowest BCUT2D eigenvalue weighted by Gasteiger charge is -2.17. The Morgan fingerprint density at radius 2 is 2.11 bits per heavy atom. The van der Waals surface area contributed by atoms with E-state index in [1.54, 1.807) is 19.4 Å². The van der Waals surface area contributed by atoms with Crippen LogP contribution in [0.1, 0.15) is 22.2 Å². The summed E-state index contributed by atoms with van der Waals surface area (Å²) in [5, 5.41) is 8.51. The number of nitrogens with one attached hydrogen (secondary N) is 2. The molecule has 11 heteroatoms. The fourth-order valence-electron chi connectivity index (χ4n) is 4.05. The van der Waals surface area contributed by atoms with E-state index < -0.39 is 0 Å². The number of thiophene rings is 1. The average Bonchev–Trinajstić information content (AvgIpc) is 3.15. The Balaban J connectivity index is 1.49. The first kappa shape index (κ1) is 23.7. The molecule has 0 saturated heterocycles. The molecule has 0 spiro atoms. The predicted molar refractivity (Wildman–Crippen MR) is 138 cm³/mol. The summed E-state index contributed by atoms with van der Waals surface area (Å²) >= 11 is 7.54. The van der Waals surface area contributed by atoms with Crippen LogP contribution in [0.25, 0.3) is 21.0 Å². The summed E-state index contributed by atoms with van der Waals surface area (Å²) in [5.74, 6) is 0.704. The first-order valence-electron chi connectivity index (χ1n) is 11.2. The van der Waals surface area contributed by atoms with E-state index in [2.05, 4.69) is 25.5 Å². The first-order chi connectivity index (χ1) is 16.9. The van der Waals surface area contributed by atoms with Gasteiger partial charge in [-0.25, -0.2) is 9.97 Å². The summed E-state index contributed by atoms with van der Waals surface area (Å²) in [6, 6.07) is 7.75. The fraction of sp³-hybridized carbons (Fsp3) is 0.333. The third-order valence-electron chi connectivity index (χ3n) is 5.78. The molecule has 0 fully saturated rings. The van der Waals surface area contributed by atoms with Crippen LogP contribution in [-0.2, 0) is 11.3 Å². The molecule has 35 heavy (non-hydrogen) atoms. The van der Waals surface area contributed by atoms with Crippen LogP contribution in [0.4, 0.5) is 5.69 Å². The number of rotatable bonds is 7. The van der Waals surface area contributed by atoms with Crippen molar-refractivity contribution in [3.63, 3.8) is 0 Å². The van der Waals surface area contributed by atoms with Gasteiger partial charge in [0, 0.05) is 66.1 Å². The summed E-state index contributed by atoms with van der Waals surface area (Å²) in [6.45, 7) is 4.57. The SMILES string of the molecule is COCCN(C)Cc1cnc(Cl)nc1Oc1ccc2c(ccc3sc4c(c32)NC[C@H](C)NC4=O)n1. The van der Waals surface area contributed by atoms with E-state index in [1.807, 2.05) is 32.2 Å². The highest BCUT2D eigenvalue weighted by atomic mass is 35.5. The van der Waals surface area contributed by atoms with E-state index >= 15 is 0 Å². The molecule has 1 atom stereocenters. The summed E-state index contributed by atoms with van der Waals surface area (Å²) < 4.78 is 12.3. The lowest BCUT2D eigenvalue weighted by molar-refractivity contribution is 0.0949. The van der Waals surface area contributed by atoms with Gasteiger partial charge in [-0.05, 0) is 43.8 Å². The molecule has 2 N–H and O–H groups in total. The van der Waals surface area contributed by atoms with Gasteiger partial charge in [-0.1, -0.05) is 0 Å². The molecule has 182 valence electrons. The topological polar surface area (TPSA) is 102 Å². The number of anilines is 1. The molecule has 5 rings (SSSR count). The van der Waals surface area contributed by atoms with Crippen molar-refractivity contribution in [3.8, 4) is 11.8 Å². The summed E-state index contributed by atoms with van der Waals surface area (Å²) in [4.78, 5) is 28.6. The highest BCUT2D eigenvalue weighted by molar-refractivity contribution is 7.21. The Labute approximate surface area is 211 Å². The van der Waals surface area contributed by atoms with Gasteiger partial charge in [0.15, 0.2) is 0 Å². The Morgan fingerprint density at radius 1 is 1.26 bits per heavy atom. The summed E-state index contributed by atoms with van der Waals surface area (Å²) in [7, 11) is 3.65. The first-order valence-corrected chi connectivity index (χ1v) is 12.4. The van der Waals surface area contributed by atoms with Crippen molar-refractivity contribution in [2.75, 3.05) is 39.2 Å². The second-order valence-corrected chi connectivity index (χ2v) is 9.91. The third kappa shape index (κ3) is 4.87. The lowest BCUT2D eigenvalue weighted by Crippen LogP contribution is -2.34. The standard InChI is InChI=1S/C24H25ClN6O3S/c1-13-10-26-20-19-15-4-7-18(29-16(15)5-6-17(19)35-21(20)22(32)28-13)34-23-14(11-27-24(25)30-23)12-31(2)8-9-33-3/h4-7,11,13,26H,8-10,12H2,1-3H3,(H,28,32)/t13-/m0/s1. The van der Waals surface area contributed by atoms with Gasteiger partial charge in [-0.15, -0.1) is 11.3 Å². The van der Waals surface area contributed by atoms with E-state index in [9.17, 15) is 4.79 Å². The zero-order valence-corrected chi connectivity index (χ0v) is 21.2. The number of fused-ring (bicyclic) bond motifs is 5. The number of aromatic nitrogens is 3. The number of amides is 1. The zero-order chi connectivity index (χ0) is 24.5. The number of hydrogen-bond acceptors (Lipinski definition) is 9. The van der Waals surface area contributed by atoms with E-state index in [-0.39, 0.29) is 17.2 Å². The monoisotopic (exact) mass is 512 g/mol. The molecule has 4 heterocycles. The van der Waals surface area contributed by atoms with Gasteiger partial charge in [0.2, 0.25) is 17.0 Å². The van der Waals surface area contributed by atoms with Gasteiger partial charge in [0.25, 0.3) is 5.91 Å². The second kappa shape index (κ2) is 9.90. The third-order valence-corrected chi connectivity index (χ3v) is 7.12. The average molecular weight is 513 g/mol. The largest absolute Gasteiger partial charge is 0.420 e. The molecule has 1 amide bonds. The second-order valence-electron chi connectivity index (χ2n) is 8.52. The molecule has 0 radical (unpaired) electrons. The minimum atomic E-state index is -0.0524. The number of halogens is 1. The van der Waals surface area contributed by atoms with Gasteiger partial charge < -0.3 is 20.1 Å². The molecule has 0 bridgehead atoms. The molecule has 1 aromatic carbocycles. The molecular weight excluding hydrogens is 488 g/mol. The smallest absolute Gasteiger partial charge is 0.263 e. The number of carbonyl (C=O) groups excluding carboxylic acids is 1. The van der Waals surface area contributed by atoms with Crippen LogP contribution >= 0.6 is 22.9 Å². The highest BCUT2D eigenvalue weighted by Crippen LogP contribution is 2.41. The van der Waals surface area contributed by atoms with Crippen molar-refractivity contribution >= 4 is 55.5 Å². The van der Waals surface area contributed by atoms with Crippen LogP contribution in [0.15, 0.2) is 30.5 Å². The number of likely N-dealkylation sites (N-methyl/N-ethyl adjacent to an activating group) is 1. The summed E-state index contributed by atoms with van der Waals surface area (Å²) in [6.07, 6.45) is 1.66. The van der Waals surface area contributed by atoms with Crippen molar-refractivity contribution in [2.24, 2.45) is 0 Å². The Bertz CT molecular complexity index is 1410. The maximum atomic E-state index is 12.7. The number of carbonyl (C=O) groups is 1. The lowest BCUT2D eigenvalue weighted by atomic mass is 10.1. The van der Waals surface area contributed by atoms with Gasteiger partial charge in [0.1, 0.15) is 4.88 Å². The van der Waals surface area contributed by atoms with Gasteiger partial charge in [-0.3, -0.25) is 9.69 Å². The van der Waals surface area contributed by atoms with Crippen LogP contribution in [0.3, 0.4) is 0 Å². The fourth-order valence-corrected chi connectivity index (χ4v) is 5.27. The minimum Gasteiger partial charge on any atom is -0.420 e. The van der Waals surface area contributed by atoms with Crippen LogP contribution in [-0.4, -0.2) is 65.7 Å². The van der Waals surface area contributed by atoms with Gasteiger partial charge in [-0.2, -0.15) is 4.98 Å². The van der Waals surface area contributed by atoms with Crippen LogP contribution < -0.4 is 15.4 Å². The van der Waals surface area contributed by atoms with Crippen molar-refractivity contribution in [1.29, 1.82) is 0 Å². The Morgan fingerprint density at radius 3 is 2.94 bits per heavy atom. The molecule has 0 unspecified atom stereocenters. The molecule has 3 aromatic heterocycles. The minimum absolute atomic E-state index is 0.0488. The number of methoxy groups -OCH3 is 1. The van der Waals surface area contributed by atoms with Crippen LogP contribution in [0, 0.1) is 0 Å². The molecule has 9 nitrogen and oxygen atoms in total. The number of pyridine rings is 1. The molecule has 0 saturated carbocycles. The number of hydrogen-bond donors (Lipinski definition) is 2. The number of nitrogens with zero attached hydrogens (tertiary/aromatic N) is 4. The van der Waals surface area contributed by atoms with Crippen molar-refractivity contribution < 1.29 is 14.3 Å². The van der Waals surface area contributed by atoms with Gasteiger partial charge >= 0.3 is 0 Å².